The minimum absolute atomic E-state index is 0.0266. The summed E-state index contributed by atoms with van der Waals surface area (Å²) in [5.74, 6) is 0.687. The second-order valence-corrected chi connectivity index (χ2v) is 4.92. The van der Waals surface area contributed by atoms with Gasteiger partial charge in [0, 0.05) is 18.2 Å². The molecule has 0 amide bonds. The molecule has 1 fully saturated rings. The van der Waals surface area contributed by atoms with Gasteiger partial charge in [-0.1, -0.05) is 6.92 Å². The van der Waals surface area contributed by atoms with Crippen molar-refractivity contribution in [1.29, 1.82) is 0 Å². The van der Waals surface area contributed by atoms with E-state index in [1.165, 1.54) is 18.5 Å². The quantitative estimate of drug-likeness (QED) is 0.896. The van der Waals surface area contributed by atoms with Crippen LogP contribution in [-0.2, 0) is 0 Å². The molecule has 2 heterocycles. The zero-order valence-electron chi connectivity index (χ0n) is 10.6. The van der Waals surface area contributed by atoms with E-state index in [1.54, 1.807) is 0 Å². The SMILES string of the molecule is CC[C@@H](N)c1ccc(-n2ccc(C3CC3)n2)cn1. The summed E-state index contributed by atoms with van der Waals surface area (Å²) in [5.41, 5.74) is 9.08. The molecule has 0 spiro atoms. The molecule has 1 aliphatic carbocycles. The maximum absolute atomic E-state index is 5.95. The van der Waals surface area contributed by atoms with Crippen molar-refractivity contribution in [1.82, 2.24) is 14.8 Å². The van der Waals surface area contributed by atoms with E-state index in [9.17, 15) is 0 Å². The van der Waals surface area contributed by atoms with Crippen molar-refractivity contribution < 1.29 is 0 Å². The number of hydrogen-bond acceptors (Lipinski definition) is 3. The van der Waals surface area contributed by atoms with E-state index in [1.807, 2.05) is 29.2 Å². The first-order chi connectivity index (χ1) is 8.78. The van der Waals surface area contributed by atoms with Gasteiger partial charge in [0.2, 0.25) is 0 Å². The van der Waals surface area contributed by atoms with Crippen molar-refractivity contribution in [3.63, 3.8) is 0 Å². The van der Waals surface area contributed by atoms with Crippen molar-refractivity contribution >= 4 is 0 Å². The number of pyridine rings is 1. The van der Waals surface area contributed by atoms with Crippen LogP contribution in [-0.4, -0.2) is 14.8 Å². The van der Waals surface area contributed by atoms with Gasteiger partial charge >= 0.3 is 0 Å². The van der Waals surface area contributed by atoms with E-state index in [-0.39, 0.29) is 6.04 Å². The fourth-order valence-corrected chi connectivity index (χ4v) is 2.04. The highest BCUT2D eigenvalue weighted by atomic mass is 15.3. The van der Waals surface area contributed by atoms with Crippen LogP contribution in [0.3, 0.4) is 0 Å². The molecule has 2 aromatic rings. The topological polar surface area (TPSA) is 56.7 Å². The number of aromatic nitrogens is 3. The van der Waals surface area contributed by atoms with Gasteiger partial charge in [-0.05, 0) is 37.5 Å². The molecule has 2 aromatic heterocycles. The van der Waals surface area contributed by atoms with Crippen molar-refractivity contribution in [3.05, 3.63) is 42.0 Å². The van der Waals surface area contributed by atoms with Crippen molar-refractivity contribution in [2.75, 3.05) is 0 Å². The smallest absolute Gasteiger partial charge is 0.0829 e. The molecule has 0 aromatic carbocycles. The van der Waals surface area contributed by atoms with Crippen LogP contribution in [0.5, 0.6) is 0 Å². The summed E-state index contributed by atoms with van der Waals surface area (Å²) >= 11 is 0. The third-order valence-electron chi connectivity index (χ3n) is 3.46. The van der Waals surface area contributed by atoms with Crippen LogP contribution in [0.2, 0.25) is 0 Å². The van der Waals surface area contributed by atoms with E-state index < -0.39 is 0 Å². The van der Waals surface area contributed by atoms with Crippen molar-refractivity contribution in [3.8, 4) is 5.69 Å². The van der Waals surface area contributed by atoms with Crippen LogP contribution < -0.4 is 5.73 Å². The Morgan fingerprint density at radius 1 is 1.39 bits per heavy atom. The Labute approximate surface area is 107 Å². The van der Waals surface area contributed by atoms with Gasteiger partial charge < -0.3 is 5.73 Å². The summed E-state index contributed by atoms with van der Waals surface area (Å²) in [5, 5.41) is 4.58. The van der Waals surface area contributed by atoms with Crippen LogP contribution in [0.1, 0.15) is 49.5 Å². The molecule has 4 nitrogen and oxygen atoms in total. The fourth-order valence-electron chi connectivity index (χ4n) is 2.04. The Bertz CT molecular complexity index is 525. The Morgan fingerprint density at radius 3 is 2.83 bits per heavy atom. The minimum atomic E-state index is 0.0266. The summed E-state index contributed by atoms with van der Waals surface area (Å²) in [6.07, 6.45) is 7.30. The first kappa shape index (κ1) is 11.4. The van der Waals surface area contributed by atoms with E-state index in [0.717, 1.165) is 17.8 Å². The minimum Gasteiger partial charge on any atom is -0.323 e. The molecule has 18 heavy (non-hydrogen) atoms. The molecule has 0 saturated heterocycles. The molecule has 94 valence electrons. The van der Waals surface area contributed by atoms with Gasteiger partial charge in [0.25, 0.3) is 0 Å². The van der Waals surface area contributed by atoms with Crippen molar-refractivity contribution in [2.45, 2.75) is 38.1 Å². The lowest BCUT2D eigenvalue weighted by Gasteiger charge is -2.08. The lowest BCUT2D eigenvalue weighted by atomic mass is 10.1. The lowest BCUT2D eigenvalue weighted by molar-refractivity contribution is 0.674. The van der Waals surface area contributed by atoms with Crippen LogP contribution >= 0.6 is 0 Å². The Hall–Kier alpha value is -1.68. The molecule has 1 aliphatic rings. The Balaban J connectivity index is 1.82. The van der Waals surface area contributed by atoms with Gasteiger partial charge in [-0.3, -0.25) is 4.98 Å². The molecule has 4 heteroatoms. The van der Waals surface area contributed by atoms with Crippen LogP contribution in [0.25, 0.3) is 5.69 Å². The van der Waals surface area contributed by atoms with Gasteiger partial charge in [0.15, 0.2) is 0 Å². The third-order valence-corrected chi connectivity index (χ3v) is 3.46. The second-order valence-electron chi connectivity index (χ2n) is 4.92. The fraction of sp³-hybridized carbons (Fsp3) is 0.429. The van der Waals surface area contributed by atoms with Crippen LogP contribution in [0, 0.1) is 0 Å². The zero-order chi connectivity index (χ0) is 12.5. The summed E-state index contributed by atoms with van der Waals surface area (Å²) in [4.78, 5) is 4.41. The van der Waals surface area contributed by atoms with E-state index in [0.29, 0.717) is 5.92 Å². The van der Waals surface area contributed by atoms with Crippen LogP contribution in [0.4, 0.5) is 0 Å². The van der Waals surface area contributed by atoms with Gasteiger partial charge in [0.1, 0.15) is 0 Å². The predicted octanol–water partition coefficient (Wildman–Crippen LogP) is 2.55. The van der Waals surface area contributed by atoms with Crippen molar-refractivity contribution in [2.24, 2.45) is 5.73 Å². The molecule has 0 aliphatic heterocycles. The van der Waals surface area contributed by atoms with E-state index in [2.05, 4.69) is 23.1 Å². The lowest BCUT2D eigenvalue weighted by Crippen LogP contribution is -2.10. The average Bonchev–Trinajstić information content (AvgIpc) is 3.16. The molecule has 0 radical (unpaired) electrons. The number of nitrogens with two attached hydrogens (primary N) is 1. The largest absolute Gasteiger partial charge is 0.323 e. The molecule has 2 N–H and O–H groups in total. The molecule has 1 atom stereocenters. The number of rotatable bonds is 4. The highest BCUT2D eigenvalue weighted by Crippen LogP contribution is 2.38. The first-order valence-electron chi connectivity index (χ1n) is 6.55. The highest BCUT2D eigenvalue weighted by Gasteiger charge is 2.25. The number of nitrogens with zero attached hydrogens (tertiary/aromatic N) is 3. The summed E-state index contributed by atoms with van der Waals surface area (Å²) in [7, 11) is 0. The van der Waals surface area contributed by atoms with E-state index >= 15 is 0 Å². The van der Waals surface area contributed by atoms with Crippen LogP contribution in [0.15, 0.2) is 30.6 Å². The average molecular weight is 242 g/mol. The van der Waals surface area contributed by atoms with Gasteiger partial charge in [-0.15, -0.1) is 0 Å². The summed E-state index contributed by atoms with van der Waals surface area (Å²) in [6, 6.07) is 6.14. The molecular formula is C14H18N4. The highest BCUT2D eigenvalue weighted by molar-refractivity contribution is 5.30. The summed E-state index contributed by atoms with van der Waals surface area (Å²) < 4.78 is 1.89. The summed E-state index contributed by atoms with van der Waals surface area (Å²) in [6.45, 7) is 2.07. The molecule has 1 saturated carbocycles. The normalized spacial score (nSPS) is 16.8. The van der Waals surface area contributed by atoms with Gasteiger partial charge in [0.05, 0.1) is 23.3 Å². The maximum atomic E-state index is 5.95. The third kappa shape index (κ3) is 2.16. The Kier molecular flexibility index (Phi) is 2.88. The Morgan fingerprint density at radius 2 is 2.22 bits per heavy atom. The van der Waals surface area contributed by atoms with Gasteiger partial charge in [-0.25, -0.2) is 4.68 Å². The predicted molar refractivity (Wildman–Crippen MR) is 70.6 cm³/mol. The maximum Gasteiger partial charge on any atom is 0.0829 e. The zero-order valence-corrected chi connectivity index (χ0v) is 10.6. The number of hydrogen-bond donors (Lipinski definition) is 1. The standard InChI is InChI=1S/C14H18N4/c1-2-12(15)14-6-5-11(9-16-14)18-8-7-13(17-18)10-3-4-10/h5-10,12H,2-4,15H2,1H3/t12-/m1/s1. The van der Waals surface area contributed by atoms with Gasteiger partial charge in [-0.2, -0.15) is 5.10 Å². The molecule has 3 rings (SSSR count). The molecule has 0 unspecified atom stereocenters. The second kappa shape index (κ2) is 4.53. The first-order valence-corrected chi connectivity index (χ1v) is 6.55. The molecular weight excluding hydrogens is 224 g/mol. The monoisotopic (exact) mass is 242 g/mol. The van der Waals surface area contributed by atoms with E-state index in [4.69, 9.17) is 5.73 Å². The molecule has 0 bridgehead atoms.